The second-order valence-corrected chi connectivity index (χ2v) is 4.20. The molecule has 0 aliphatic carbocycles. The molecular formula is C13H8ClFN2O3. The zero-order valence-corrected chi connectivity index (χ0v) is 10.7. The van der Waals surface area contributed by atoms with Gasteiger partial charge in [0.15, 0.2) is 0 Å². The Bertz CT molecular complexity index is 691. The number of amides is 1. The largest absolute Gasteiger partial charge is 0.478 e. The number of carboxylic acids is 1. The van der Waals surface area contributed by atoms with E-state index in [0.29, 0.717) is 0 Å². The highest BCUT2D eigenvalue weighted by Crippen LogP contribution is 2.21. The smallest absolute Gasteiger partial charge is 0.337 e. The van der Waals surface area contributed by atoms with Gasteiger partial charge in [-0.05, 0) is 18.2 Å². The number of aromatic carboxylic acids is 1. The minimum Gasteiger partial charge on any atom is -0.478 e. The highest BCUT2D eigenvalue weighted by molar-refractivity contribution is 6.34. The van der Waals surface area contributed by atoms with Crippen molar-refractivity contribution in [3.8, 4) is 0 Å². The summed E-state index contributed by atoms with van der Waals surface area (Å²) in [6.07, 6.45) is 2.42. The van der Waals surface area contributed by atoms with E-state index in [1.54, 1.807) is 0 Å². The predicted molar refractivity (Wildman–Crippen MR) is 70.6 cm³/mol. The van der Waals surface area contributed by atoms with Crippen molar-refractivity contribution < 1.29 is 19.1 Å². The van der Waals surface area contributed by atoms with E-state index in [1.165, 1.54) is 24.4 Å². The summed E-state index contributed by atoms with van der Waals surface area (Å²) in [5.74, 6) is -2.53. The number of hydrogen-bond donors (Lipinski definition) is 2. The fourth-order valence-electron chi connectivity index (χ4n) is 1.50. The molecular weight excluding hydrogens is 287 g/mol. The third kappa shape index (κ3) is 2.92. The van der Waals surface area contributed by atoms with E-state index in [9.17, 15) is 14.0 Å². The summed E-state index contributed by atoms with van der Waals surface area (Å²) in [5, 5.41) is 10.9. The molecule has 0 aliphatic heterocycles. The molecule has 1 aromatic heterocycles. The van der Waals surface area contributed by atoms with Gasteiger partial charge in [-0.2, -0.15) is 0 Å². The van der Waals surface area contributed by atoms with Gasteiger partial charge in [-0.15, -0.1) is 0 Å². The molecule has 2 N–H and O–H groups in total. The number of carbonyl (C=O) groups is 2. The minimum atomic E-state index is -1.17. The van der Waals surface area contributed by atoms with Crippen molar-refractivity contribution in [1.82, 2.24) is 4.98 Å². The van der Waals surface area contributed by atoms with Crippen LogP contribution in [0.4, 0.5) is 10.1 Å². The quantitative estimate of drug-likeness (QED) is 0.912. The topological polar surface area (TPSA) is 79.3 Å². The molecule has 0 saturated carbocycles. The van der Waals surface area contributed by atoms with Crippen molar-refractivity contribution in [2.75, 3.05) is 5.32 Å². The van der Waals surface area contributed by atoms with Gasteiger partial charge in [-0.3, -0.25) is 9.78 Å². The molecule has 1 amide bonds. The van der Waals surface area contributed by atoms with Gasteiger partial charge in [-0.25, -0.2) is 9.18 Å². The van der Waals surface area contributed by atoms with Crippen LogP contribution >= 0.6 is 11.6 Å². The van der Waals surface area contributed by atoms with Gasteiger partial charge in [0.1, 0.15) is 5.82 Å². The lowest BCUT2D eigenvalue weighted by Gasteiger charge is -2.07. The van der Waals surface area contributed by atoms with Crippen molar-refractivity contribution >= 4 is 29.2 Å². The first-order chi connectivity index (χ1) is 9.49. The Kier molecular flexibility index (Phi) is 3.95. The number of anilines is 1. The van der Waals surface area contributed by atoms with Crippen LogP contribution in [0, 0.1) is 5.82 Å². The van der Waals surface area contributed by atoms with Gasteiger partial charge in [0, 0.05) is 6.20 Å². The maximum atomic E-state index is 13.2. The second-order valence-electron chi connectivity index (χ2n) is 3.82. The second kappa shape index (κ2) is 5.66. The molecule has 0 spiro atoms. The normalized spacial score (nSPS) is 10.1. The first-order valence-electron chi connectivity index (χ1n) is 5.42. The van der Waals surface area contributed by atoms with Gasteiger partial charge in [0.05, 0.1) is 28.0 Å². The molecule has 102 valence electrons. The van der Waals surface area contributed by atoms with E-state index in [0.717, 1.165) is 12.3 Å². The van der Waals surface area contributed by atoms with Crippen molar-refractivity contribution in [3.05, 3.63) is 58.6 Å². The predicted octanol–water partition coefficient (Wildman–Crippen LogP) is 2.82. The maximum absolute atomic E-state index is 13.2. The highest BCUT2D eigenvalue weighted by atomic mass is 35.5. The lowest BCUT2D eigenvalue weighted by Crippen LogP contribution is -2.13. The first kappa shape index (κ1) is 14.0. The van der Waals surface area contributed by atoms with Crippen LogP contribution in [0.1, 0.15) is 20.7 Å². The molecule has 20 heavy (non-hydrogen) atoms. The Morgan fingerprint density at radius 1 is 1.30 bits per heavy atom. The van der Waals surface area contributed by atoms with E-state index in [2.05, 4.69) is 10.3 Å². The van der Waals surface area contributed by atoms with Crippen LogP contribution in [-0.2, 0) is 0 Å². The van der Waals surface area contributed by atoms with E-state index >= 15 is 0 Å². The number of hydrogen-bond acceptors (Lipinski definition) is 3. The molecule has 0 aliphatic rings. The number of nitrogens with one attached hydrogen (secondary N) is 1. The number of aromatic nitrogens is 1. The molecule has 0 bridgehead atoms. The molecule has 1 aromatic carbocycles. The summed E-state index contributed by atoms with van der Waals surface area (Å²) in [6, 6.07) is 5.07. The number of benzene rings is 1. The Morgan fingerprint density at radius 3 is 2.75 bits per heavy atom. The van der Waals surface area contributed by atoms with E-state index in [4.69, 9.17) is 16.7 Å². The van der Waals surface area contributed by atoms with Gasteiger partial charge < -0.3 is 10.4 Å². The molecule has 2 rings (SSSR count). The van der Waals surface area contributed by atoms with Crippen LogP contribution in [0.15, 0.2) is 36.7 Å². The molecule has 0 unspecified atom stereocenters. The number of carboxylic acid groups (broad SMARTS) is 1. The Hall–Kier alpha value is -2.47. The lowest BCUT2D eigenvalue weighted by molar-refractivity contribution is 0.0696. The van der Waals surface area contributed by atoms with Gasteiger partial charge in [0.25, 0.3) is 5.91 Å². The summed E-state index contributed by atoms with van der Waals surface area (Å²) in [6.45, 7) is 0. The number of pyridine rings is 1. The highest BCUT2D eigenvalue weighted by Gasteiger charge is 2.14. The Labute approximate surface area is 118 Å². The third-order valence-corrected chi connectivity index (χ3v) is 2.82. The summed E-state index contributed by atoms with van der Waals surface area (Å²) >= 11 is 5.69. The van der Waals surface area contributed by atoms with Crippen LogP contribution < -0.4 is 5.32 Å². The fraction of sp³-hybridized carbons (Fsp3) is 0. The Morgan fingerprint density at radius 2 is 2.05 bits per heavy atom. The standard InChI is InChI=1S/C13H8ClFN2O3/c14-11-9(2-1-3-10(11)15)12(18)17-8-4-7(13(19)20)5-16-6-8/h1-6H,(H,17,18)(H,19,20). The Balaban J connectivity index is 2.26. The lowest BCUT2D eigenvalue weighted by atomic mass is 10.2. The van der Waals surface area contributed by atoms with Crippen LogP contribution in [-0.4, -0.2) is 22.0 Å². The first-order valence-corrected chi connectivity index (χ1v) is 5.80. The zero-order valence-electron chi connectivity index (χ0n) is 9.93. The van der Waals surface area contributed by atoms with Crippen molar-refractivity contribution in [1.29, 1.82) is 0 Å². The SMILES string of the molecule is O=C(O)c1cncc(NC(=O)c2cccc(F)c2Cl)c1. The average molecular weight is 295 g/mol. The number of halogens is 2. The minimum absolute atomic E-state index is 0.0487. The van der Waals surface area contributed by atoms with Crippen LogP contribution in [0.2, 0.25) is 5.02 Å². The van der Waals surface area contributed by atoms with Crippen LogP contribution in [0.3, 0.4) is 0 Å². The van der Waals surface area contributed by atoms with E-state index in [-0.39, 0.29) is 21.8 Å². The van der Waals surface area contributed by atoms with Gasteiger partial charge in [0.2, 0.25) is 0 Å². The molecule has 0 radical (unpaired) electrons. The number of carbonyl (C=O) groups excluding carboxylic acids is 1. The fourth-order valence-corrected chi connectivity index (χ4v) is 1.71. The molecule has 7 heteroatoms. The molecule has 5 nitrogen and oxygen atoms in total. The number of rotatable bonds is 3. The van der Waals surface area contributed by atoms with Crippen molar-refractivity contribution in [3.63, 3.8) is 0 Å². The van der Waals surface area contributed by atoms with Crippen LogP contribution in [0.25, 0.3) is 0 Å². The average Bonchev–Trinajstić information content (AvgIpc) is 2.42. The summed E-state index contributed by atoms with van der Waals surface area (Å²) in [7, 11) is 0. The third-order valence-electron chi connectivity index (χ3n) is 2.44. The number of nitrogens with zero attached hydrogens (tertiary/aromatic N) is 1. The van der Waals surface area contributed by atoms with Gasteiger partial charge >= 0.3 is 5.97 Å². The van der Waals surface area contributed by atoms with Crippen LogP contribution in [0.5, 0.6) is 0 Å². The maximum Gasteiger partial charge on any atom is 0.337 e. The summed E-state index contributed by atoms with van der Waals surface area (Å²) in [5.41, 5.74) is 0.0516. The molecule has 0 saturated heterocycles. The summed E-state index contributed by atoms with van der Waals surface area (Å²) < 4.78 is 13.2. The molecule has 2 aromatic rings. The molecule has 0 fully saturated rings. The van der Waals surface area contributed by atoms with E-state index < -0.39 is 17.7 Å². The van der Waals surface area contributed by atoms with E-state index in [1.807, 2.05) is 0 Å². The molecule has 1 heterocycles. The summed E-state index contributed by atoms with van der Waals surface area (Å²) in [4.78, 5) is 26.4. The monoisotopic (exact) mass is 294 g/mol. The van der Waals surface area contributed by atoms with Gasteiger partial charge in [-0.1, -0.05) is 17.7 Å². The zero-order chi connectivity index (χ0) is 14.7. The molecule has 0 atom stereocenters. The van der Waals surface area contributed by atoms with Crippen molar-refractivity contribution in [2.24, 2.45) is 0 Å². The van der Waals surface area contributed by atoms with Crippen molar-refractivity contribution in [2.45, 2.75) is 0 Å².